The third-order valence-electron chi connectivity index (χ3n) is 4.50. The van der Waals surface area contributed by atoms with E-state index in [9.17, 15) is 13.2 Å². The molecule has 1 aliphatic heterocycles. The van der Waals surface area contributed by atoms with Gasteiger partial charge in [0.2, 0.25) is 10.0 Å². The van der Waals surface area contributed by atoms with Crippen molar-refractivity contribution >= 4 is 31.9 Å². The molecule has 0 aliphatic carbocycles. The molecule has 0 saturated carbocycles. The van der Waals surface area contributed by atoms with Gasteiger partial charge in [-0.15, -0.1) is 0 Å². The number of sulfonamides is 1. The molecule has 8 heteroatoms. The average Bonchev–Trinajstić information content (AvgIpc) is 3.22. The first-order chi connectivity index (χ1) is 12.9. The van der Waals surface area contributed by atoms with Crippen LogP contribution in [0.15, 0.2) is 51.8 Å². The molecule has 0 aromatic heterocycles. The van der Waals surface area contributed by atoms with Gasteiger partial charge in [0.15, 0.2) is 0 Å². The largest absolute Gasteiger partial charge is 0.496 e. The van der Waals surface area contributed by atoms with E-state index in [0.717, 1.165) is 22.9 Å². The standard InChI is InChI=1S/C19H21BrN2O4S/c1-26-18-9-6-16(20)12-15(18)13-21-19(23)14-4-7-17(8-5-14)27(24,25)22-10-2-3-11-22/h4-9,12H,2-3,10-11,13H2,1H3,(H,21,23). The Bertz CT molecular complexity index is 923. The van der Waals surface area contributed by atoms with Gasteiger partial charge >= 0.3 is 0 Å². The highest BCUT2D eigenvalue weighted by Gasteiger charge is 2.27. The van der Waals surface area contributed by atoms with Crippen LogP contribution < -0.4 is 10.1 Å². The summed E-state index contributed by atoms with van der Waals surface area (Å²) in [6, 6.07) is 11.6. The number of hydrogen-bond acceptors (Lipinski definition) is 4. The van der Waals surface area contributed by atoms with Crippen LogP contribution in [-0.4, -0.2) is 38.8 Å². The van der Waals surface area contributed by atoms with Gasteiger partial charge in [0.05, 0.1) is 12.0 Å². The molecule has 0 radical (unpaired) electrons. The summed E-state index contributed by atoms with van der Waals surface area (Å²) in [5.41, 5.74) is 1.25. The van der Waals surface area contributed by atoms with E-state index in [1.165, 1.54) is 28.6 Å². The lowest BCUT2D eigenvalue weighted by molar-refractivity contribution is 0.0950. The topological polar surface area (TPSA) is 75.7 Å². The summed E-state index contributed by atoms with van der Waals surface area (Å²) in [5.74, 6) is 0.410. The molecule has 6 nitrogen and oxygen atoms in total. The van der Waals surface area contributed by atoms with Gasteiger partial charge in [-0.05, 0) is 55.3 Å². The number of benzene rings is 2. The van der Waals surface area contributed by atoms with Crippen molar-refractivity contribution in [2.24, 2.45) is 0 Å². The van der Waals surface area contributed by atoms with E-state index in [0.29, 0.717) is 30.9 Å². The van der Waals surface area contributed by atoms with Crippen LogP contribution >= 0.6 is 15.9 Å². The van der Waals surface area contributed by atoms with Crippen molar-refractivity contribution in [2.45, 2.75) is 24.3 Å². The van der Waals surface area contributed by atoms with E-state index in [-0.39, 0.29) is 10.8 Å². The zero-order chi connectivity index (χ0) is 19.4. The number of carbonyl (C=O) groups is 1. The highest BCUT2D eigenvalue weighted by Crippen LogP contribution is 2.23. The number of ether oxygens (including phenoxy) is 1. The molecule has 144 valence electrons. The summed E-state index contributed by atoms with van der Waals surface area (Å²) in [4.78, 5) is 12.6. The van der Waals surface area contributed by atoms with Crippen LogP contribution in [0.3, 0.4) is 0 Å². The van der Waals surface area contributed by atoms with Crippen LogP contribution in [0.2, 0.25) is 0 Å². The molecule has 0 bridgehead atoms. The molecular formula is C19H21BrN2O4S. The second kappa shape index (κ2) is 8.41. The number of hydrogen-bond donors (Lipinski definition) is 1. The van der Waals surface area contributed by atoms with E-state index < -0.39 is 10.0 Å². The van der Waals surface area contributed by atoms with E-state index in [2.05, 4.69) is 21.2 Å². The first-order valence-electron chi connectivity index (χ1n) is 8.62. The Balaban J connectivity index is 1.68. The van der Waals surface area contributed by atoms with Gasteiger partial charge in [0, 0.05) is 35.2 Å². The minimum absolute atomic E-state index is 0.217. The van der Waals surface area contributed by atoms with Crippen molar-refractivity contribution in [3.63, 3.8) is 0 Å². The molecular weight excluding hydrogens is 432 g/mol. The quantitative estimate of drug-likeness (QED) is 0.729. The lowest BCUT2D eigenvalue weighted by atomic mass is 10.1. The van der Waals surface area contributed by atoms with Crippen molar-refractivity contribution < 1.29 is 17.9 Å². The number of nitrogens with zero attached hydrogens (tertiary/aromatic N) is 1. The maximum absolute atomic E-state index is 12.5. The molecule has 0 spiro atoms. The Morgan fingerprint density at radius 3 is 2.44 bits per heavy atom. The normalized spacial score (nSPS) is 14.9. The summed E-state index contributed by atoms with van der Waals surface area (Å²) in [6.45, 7) is 1.41. The number of nitrogens with one attached hydrogen (secondary N) is 1. The van der Waals surface area contributed by atoms with E-state index in [1.807, 2.05) is 18.2 Å². The maximum Gasteiger partial charge on any atom is 0.251 e. The second-order valence-electron chi connectivity index (χ2n) is 6.27. The zero-order valence-corrected chi connectivity index (χ0v) is 17.3. The minimum atomic E-state index is -3.47. The molecule has 1 heterocycles. The molecule has 1 saturated heterocycles. The SMILES string of the molecule is COc1ccc(Br)cc1CNC(=O)c1ccc(S(=O)(=O)N2CCCC2)cc1. The van der Waals surface area contributed by atoms with Gasteiger partial charge in [-0.25, -0.2) is 8.42 Å². The summed E-state index contributed by atoms with van der Waals surface area (Å²) in [5, 5.41) is 2.83. The number of amides is 1. The van der Waals surface area contributed by atoms with E-state index >= 15 is 0 Å². The first kappa shape index (κ1) is 19.9. The Morgan fingerprint density at radius 1 is 1.15 bits per heavy atom. The highest BCUT2D eigenvalue weighted by atomic mass is 79.9. The lowest BCUT2D eigenvalue weighted by Crippen LogP contribution is -2.28. The van der Waals surface area contributed by atoms with Crippen molar-refractivity contribution in [3.8, 4) is 5.75 Å². The summed E-state index contributed by atoms with van der Waals surface area (Å²) < 4.78 is 32.7. The monoisotopic (exact) mass is 452 g/mol. The van der Waals surface area contributed by atoms with Crippen LogP contribution in [0.25, 0.3) is 0 Å². The van der Waals surface area contributed by atoms with Gasteiger partial charge in [-0.3, -0.25) is 4.79 Å². The van der Waals surface area contributed by atoms with Gasteiger partial charge < -0.3 is 10.1 Å². The predicted molar refractivity (Wildman–Crippen MR) is 106 cm³/mol. The van der Waals surface area contributed by atoms with Crippen LogP contribution in [0.5, 0.6) is 5.75 Å². The van der Waals surface area contributed by atoms with Crippen LogP contribution in [-0.2, 0) is 16.6 Å². The van der Waals surface area contributed by atoms with Crippen LogP contribution in [0, 0.1) is 0 Å². The minimum Gasteiger partial charge on any atom is -0.496 e. The first-order valence-corrected chi connectivity index (χ1v) is 10.9. The van der Waals surface area contributed by atoms with Crippen molar-refractivity contribution in [2.75, 3.05) is 20.2 Å². The van der Waals surface area contributed by atoms with Gasteiger partial charge in [-0.1, -0.05) is 15.9 Å². The number of rotatable bonds is 6. The number of halogens is 1. The molecule has 0 unspecified atom stereocenters. The Kier molecular flexibility index (Phi) is 6.18. The summed E-state index contributed by atoms with van der Waals surface area (Å²) >= 11 is 3.40. The third-order valence-corrected chi connectivity index (χ3v) is 6.91. The molecule has 1 amide bonds. The molecule has 27 heavy (non-hydrogen) atoms. The van der Waals surface area contributed by atoms with Gasteiger partial charge in [0.1, 0.15) is 5.75 Å². The third kappa shape index (κ3) is 4.51. The van der Waals surface area contributed by atoms with E-state index in [4.69, 9.17) is 4.74 Å². The second-order valence-corrected chi connectivity index (χ2v) is 9.13. The van der Waals surface area contributed by atoms with Crippen LogP contribution in [0.4, 0.5) is 0 Å². The predicted octanol–water partition coefficient (Wildman–Crippen LogP) is 3.17. The van der Waals surface area contributed by atoms with Gasteiger partial charge in [0.25, 0.3) is 5.91 Å². The van der Waals surface area contributed by atoms with Crippen molar-refractivity contribution in [1.82, 2.24) is 9.62 Å². The molecule has 2 aromatic rings. The Hall–Kier alpha value is -1.90. The molecule has 3 rings (SSSR count). The average molecular weight is 453 g/mol. The molecule has 1 fully saturated rings. The smallest absolute Gasteiger partial charge is 0.251 e. The summed E-state index contributed by atoms with van der Waals surface area (Å²) in [6.07, 6.45) is 1.78. The fraction of sp³-hybridized carbons (Fsp3) is 0.316. The van der Waals surface area contributed by atoms with Gasteiger partial charge in [-0.2, -0.15) is 4.31 Å². The Labute approximate surface area is 167 Å². The maximum atomic E-state index is 12.5. The highest BCUT2D eigenvalue weighted by molar-refractivity contribution is 9.10. The van der Waals surface area contributed by atoms with E-state index in [1.54, 1.807) is 7.11 Å². The fourth-order valence-corrected chi connectivity index (χ4v) is 4.94. The molecule has 0 atom stereocenters. The van der Waals surface area contributed by atoms with Crippen molar-refractivity contribution in [3.05, 3.63) is 58.1 Å². The number of methoxy groups -OCH3 is 1. The lowest BCUT2D eigenvalue weighted by Gasteiger charge is -2.15. The fourth-order valence-electron chi connectivity index (χ4n) is 3.02. The van der Waals surface area contributed by atoms with Crippen molar-refractivity contribution in [1.29, 1.82) is 0 Å². The van der Waals surface area contributed by atoms with Crippen LogP contribution in [0.1, 0.15) is 28.8 Å². The summed E-state index contributed by atoms with van der Waals surface area (Å²) in [7, 11) is -1.89. The zero-order valence-electron chi connectivity index (χ0n) is 14.9. The Morgan fingerprint density at radius 2 is 1.81 bits per heavy atom. The molecule has 2 aromatic carbocycles. The number of carbonyl (C=O) groups excluding carboxylic acids is 1. The molecule has 1 aliphatic rings. The molecule has 1 N–H and O–H groups in total.